The maximum Gasteiger partial charge on any atom is 0.274 e. The first-order valence-corrected chi connectivity index (χ1v) is 7.35. The van der Waals surface area contributed by atoms with E-state index in [0.717, 1.165) is 23.8 Å². The fraction of sp³-hybridized carbons (Fsp3) is 0. The second-order valence-corrected chi connectivity index (χ2v) is 6.00. The standard InChI is InChI=1S/C8H7FN6O4S2/c9-5-1-4(15(16)17)2-6(12-10)8(5)21(18,19)13-7-3-11-14-20-7/h1-3,12-13H,10H2. The molecule has 0 bridgehead atoms. The van der Waals surface area contributed by atoms with Crippen LogP contribution in [-0.2, 0) is 10.0 Å². The molecule has 0 aliphatic heterocycles. The van der Waals surface area contributed by atoms with Crippen LogP contribution in [0.15, 0.2) is 23.2 Å². The Morgan fingerprint density at radius 2 is 2.14 bits per heavy atom. The maximum absolute atomic E-state index is 13.9. The van der Waals surface area contributed by atoms with Gasteiger partial charge < -0.3 is 5.43 Å². The zero-order valence-electron chi connectivity index (χ0n) is 9.98. The highest BCUT2D eigenvalue weighted by atomic mass is 32.2. The summed E-state index contributed by atoms with van der Waals surface area (Å²) in [5.41, 5.74) is 0.834. The summed E-state index contributed by atoms with van der Waals surface area (Å²) in [5, 5.41) is 14.1. The predicted molar refractivity (Wildman–Crippen MR) is 71.6 cm³/mol. The van der Waals surface area contributed by atoms with Crippen molar-refractivity contribution < 1.29 is 17.7 Å². The monoisotopic (exact) mass is 334 g/mol. The number of anilines is 2. The highest BCUT2D eigenvalue weighted by Crippen LogP contribution is 2.30. The molecule has 0 unspecified atom stereocenters. The van der Waals surface area contributed by atoms with Crippen LogP contribution < -0.4 is 16.0 Å². The molecule has 10 nitrogen and oxygen atoms in total. The highest BCUT2D eigenvalue weighted by Gasteiger charge is 2.27. The SMILES string of the molecule is NNc1cc([N+](=O)[O-])cc(F)c1S(=O)(=O)Nc1cnns1. The van der Waals surface area contributed by atoms with Crippen molar-refractivity contribution in [3.8, 4) is 0 Å². The van der Waals surface area contributed by atoms with E-state index in [1.807, 2.05) is 10.1 Å². The lowest BCUT2D eigenvalue weighted by molar-refractivity contribution is -0.385. The molecule has 2 aromatic rings. The molecule has 0 aliphatic rings. The highest BCUT2D eigenvalue weighted by molar-refractivity contribution is 7.93. The molecular formula is C8H7FN6O4S2. The Kier molecular flexibility index (Phi) is 3.97. The first-order chi connectivity index (χ1) is 9.85. The number of non-ortho nitro benzene ring substituents is 1. The number of rotatable bonds is 5. The Morgan fingerprint density at radius 3 is 2.67 bits per heavy atom. The van der Waals surface area contributed by atoms with E-state index in [1.54, 1.807) is 0 Å². The quantitative estimate of drug-likeness (QED) is 0.409. The summed E-state index contributed by atoms with van der Waals surface area (Å²) >= 11 is 0.738. The Morgan fingerprint density at radius 1 is 1.43 bits per heavy atom. The molecule has 0 radical (unpaired) electrons. The van der Waals surface area contributed by atoms with Crippen molar-refractivity contribution in [3.63, 3.8) is 0 Å². The third kappa shape index (κ3) is 3.04. The van der Waals surface area contributed by atoms with Crippen LogP contribution in [0.4, 0.5) is 20.8 Å². The number of nitrogen functional groups attached to an aromatic ring is 1. The van der Waals surface area contributed by atoms with Gasteiger partial charge in [-0.25, -0.2) is 12.8 Å². The Balaban J connectivity index is 2.54. The average Bonchev–Trinajstić information content (AvgIpc) is 2.89. The number of hydrogen-bond acceptors (Lipinski definition) is 9. The van der Waals surface area contributed by atoms with Crippen LogP contribution in [0.5, 0.6) is 0 Å². The fourth-order valence-corrected chi connectivity index (χ4v) is 3.36. The van der Waals surface area contributed by atoms with Crippen molar-refractivity contribution in [3.05, 3.63) is 34.3 Å². The number of benzene rings is 1. The molecule has 1 aromatic heterocycles. The van der Waals surface area contributed by atoms with Gasteiger partial charge in [0.25, 0.3) is 15.7 Å². The lowest BCUT2D eigenvalue weighted by Crippen LogP contribution is -2.19. The molecular weight excluding hydrogens is 327 g/mol. The smallest absolute Gasteiger partial charge is 0.274 e. The minimum atomic E-state index is -4.36. The van der Waals surface area contributed by atoms with Crippen molar-refractivity contribution in [2.24, 2.45) is 5.84 Å². The number of hydrazine groups is 1. The van der Waals surface area contributed by atoms with Crippen LogP contribution in [-0.4, -0.2) is 22.9 Å². The van der Waals surface area contributed by atoms with Crippen molar-refractivity contribution in [1.82, 2.24) is 9.59 Å². The van der Waals surface area contributed by atoms with E-state index < -0.39 is 37.0 Å². The molecule has 0 saturated carbocycles. The lowest BCUT2D eigenvalue weighted by atomic mass is 10.3. The summed E-state index contributed by atoms with van der Waals surface area (Å²) in [7, 11) is -4.36. The Bertz CT molecular complexity index is 778. The Hall–Kier alpha value is -2.38. The number of nitro benzene ring substituents is 1. The normalized spacial score (nSPS) is 11.1. The number of nitrogens with one attached hydrogen (secondary N) is 2. The summed E-state index contributed by atoms with van der Waals surface area (Å²) in [4.78, 5) is 8.91. The average molecular weight is 334 g/mol. The number of nitrogens with two attached hydrogens (primary N) is 1. The molecule has 13 heteroatoms. The summed E-state index contributed by atoms with van der Waals surface area (Å²) < 4.78 is 43.6. The van der Waals surface area contributed by atoms with Gasteiger partial charge in [0.1, 0.15) is 9.90 Å². The second-order valence-electron chi connectivity index (χ2n) is 3.59. The molecule has 112 valence electrons. The second kappa shape index (κ2) is 5.55. The van der Waals surface area contributed by atoms with Crippen LogP contribution in [0, 0.1) is 15.9 Å². The lowest BCUT2D eigenvalue weighted by Gasteiger charge is -2.11. The van der Waals surface area contributed by atoms with E-state index >= 15 is 0 Å². The summed E-state index contributed by atoms with van der Waals surface area (Å²) in [6, 6.07) is 1.29. The zero-order valence-corrected chi connectivity index (χ0v) is 11.6. The number of hydrogen-bond donors (Lipinski definition) is 3. The fourth-order valence-electron chi connectivity index (χ4n) is 1.46. The minimum Gasteiger partial charge on any atom is -0.323 e. The molecule has 0 saturated heterocycles. The molecule has 0 amide bonds. The largest absolute Gasteiger partial charge is 0.323 e. The minimum absolute atomic E-state index is 0.0516. The number of halogens is 1. The van der Waals surface area contributed by atoms with Gasteiger partial charge in [0, 0.05) is 17.6 Å². The molecule has 0 spiro atoms. The van der Waals surface area contributed by atoms with Crippen LogP contribution >= 0.6 is 11.5 Å². The van der Waals surface area contributed by atoms with E-state index in [9.17, 15) is 22.9 Å². The summed E-state index contributed by atoms with van der Waals surface area (Å²) in [5.74, 6) is 3.79. The molecule has 0 atom stereocenters. The summed E-state index contributed by atoms with van der Waals surface area (Å²) in [6.45, 7) is 0. The topological polar surface area (TPSA) is 153 Å². The van der Waals surface area contributed by atoms with Gasteiger partial charge in [-0.15, -0.1) is 5.10 Å². The van der Waals surface area contributed by atoms with Crippen LogP contribution in [0.1, 0.15) is 0 Å². The molecule has 0 aliphatic carbocycles. The number of aromatic nitrogens is 2. The van der Waals surface area contributed by atoms with E-state index in [2.05, 4.69) is 9.59 Å². The molecule has 21 heavy (non-hydrogen) atoms. The van der Waals surface area contributed by atoms with E-state index in [0.29, 0.717) is 6.07 Å². The maximum atomic E-state index is 13.9. The molecule has 4 N–H and O–H groups in total. The molecule has 2 rings (SSSR count). The third-order valence-corrected chi connectivity index (χ3v) is 4.41. The van der Waals surface area contributed by atoms with Crippen LogP contribution in [0.25, 0.3) is 0 Å². The van der Waals surface area contributed by atoms with Gasteiger partial charge in [0.15, 0.2) is 5.82 Å². The first-order valence-electron chi connectivity index (χ1n) is 5.10. The number of nitro groups is 1. The van der Waals surface area contributed by atoms with Gasteiger partial charge in [-0.3, -0.25) is 20.7 Å². The van der Waals surface area contributed by atoms with Crippen LogP contribution in [0.2, 0.25) is 0 Å². The van der Waals surface area contributed by atoms with Crippen molar-refractivity contribution in [2.75, 3.05) is 10.1 Å². The Labute approximate surface area is 121 Å². The van der Waals surface area contributed by atoms with Gasteiger partial charge in [-0.05, 0) is 0 Å². The molecule has 1 heterocycles. The van der Waals surface area contributed by atoms with Gasteiger partial charge in [-0.1, -0.05) is 4.49 Å². The first kappa shape index (κ1) is 15.0. The van der Waals surface area contributed by atoms with Gasteiger partial charge >= 0.3 is 0 Å². The predicted octanol–water partition coefficient (Wildman–Crippen LogP) is 0.672. The zero-order chi connectivity index (χ0) is 15.6. The number of sulfonamides is 1. The van der Waals surface area contributed by atoms with Crippen molar-refractivity contribution >= 4 is 37.9 Å². The van der Waals surface area contributed by atoms with Crippen molar-refractivity contribution in [2.45, 2.75) is 4.90 Å². The molecule has 1 aromatic carbocycles. The van der Waals surface area contributed by atoms with Gasteiger partial charge in [0.2, 0.25) is 0 Å². The van der Waals surface area contributed by atoms with Gasteiger partial charge in [0.05, 0.1) is 22.9 Å². The summed E-state index contributed by atoms with van der Waals surface area (Å²) in [6.07, 6.45) is 1.13. The third-order valence-electron chi connectivity index (χ3n) is 2.26. The molecule has 0 fully saturated rings. The van der Waals surface area contributed by atoms with Gasteiger partial charge in [-0.2, -0.15) is 0 Å². The van der Waals surface area contributed by atoms with E-state index in [-0.39, 0.29) is 5.00 Å². The number of nitrogens with zero attached hydrogens (tertiary/aromatic N) is 3. The van der Waals surface area contributed by atoms with E-state index in [4.69, 9.17) is 5.84 Å². The van der Waals surface area contributed by atoms with Crippen LogP contribution in [0.3, 0.4) is 0 Å². The van der Waals surface area contributed by atoms with Crippen molar-refractivity contribution in [1.29, 1.82) is 0 Å². The van der Waals surface area contributed by atoms with E-state index in [1.165, 1.54) is 0 Å².